The lowest BCUT2D eigenvalue weighted by Crippen LogP contribution is -2.09. The van der Waals surface area contributed by atoms with Crippen LogP contribution in [0.3, 0.4) is 0 Å². The highest BCUT2D eigenvalue weighted by molar-refractivity contribution is 5.92. The van der Waals surface area contributed by atoms with Crippen molar-refractivity contribution in [1.29, 1.82) is 0 Å². The van der Waals surface area contributed by atoms with Gasteiger partial charge in [0.25, 0.3) is 0 Å². The van der Waals surface area contributed by atoms with Crippen molar-refractivity contribution in [3.63, 3.8) is 0 Å². The normalized spacial score (nSPS) is 10.0. The predicted molar refractivity (Wildman–Crippen MR) is 81.5 cm³/mol. The number of benzene rings is 1. The highest BCUT2D eigenvalue weighted by atomic mass is 16.5. The second kappa shape index (κ2) is 6.70. The smallest absolute Gasteiger partial charge is 0.343 e. The molecule has 1 heterocycles. The van der Waals surface area contributed by atoms with E-state index in [1.165, 1.54) is 0 Å². The summed E-state index contributed by atoms with van der Waals surface area (Å²) in [5, 5.41) is 0. The highest BCUT2D eigenvalue weighted by Crippen LogP contribution is 2.26. The molecule has 2 aromatic rings. The van der Waals surface area contributed by atoms with Gasteiger partial charge in [0, 0.05) is 5.69 Å². The first-order valence-corrected chi connectivity index (χ1v) is 6.69. The Balaban J connectivity index is 2.44. The quantitative estimate of drug-likeness (QED) is 0.778. The Morgan fingerprint density at radius 3 is 2.67 bits per heavy atom. The number of aromatic nitrogens is 1. The number of rotatable bonds is 5. The van der Waals surface area contributed by atoms with Gasteiger partial charge in [0.2, 0.25) is 5.88 Å². The van der Waals surface area contributed by atoms with E-state index in [0.717, 1.165) is 11.3 Å². The topological polar surface area (TPSA) is 48.4 Å². The fourth-order valence-corrected chi connectivity index (χ4v) is 1.84. The summed E-state index contributed by atoms with van der Waals surface area (Å²) in [5.74, 6) is 0.392. The van der Waals surface area contributed by atoms with E-state index < -0.39 is 5.97 Å². The van der Waals surface area contributed by atoms with Crippen LogP contribution in [0.15, 0.2) is 43.0 Å². The molecule has 1 aromatic heterocycles. The van der Waals surface area contributed by atoms with Gasteiger partial charge in [-0.05, 0) is 37.6 Å². The molecule has 1 aromatic carbocycles. The minimum Gasteiger partial charge on any atom is -0.462 e. The van der Waals surface area contributed by atoms with E-state index in [1.54, 1.807) is 31.2 Å². The number of hydrogen-bond donors (Lipinski definition) is 0. The van der Waals surface area contributed by atoms with Crippen LogP contribution in [-0.4, -0.2) is 17.6 Å². The number of esters is 1. The van der Waals surface area contributed by atoms with Gasteiger partial charge in [-0.2, -0.15) is 0 Å². The largest absolute Gasteiger partial charge is 0.462 e. The lowest BCUT2D eigenvalue weighted by molar-refractivity contribution is 0.0522. The molecule has 0 saturated carbocycles. The molecule has 0 radical (unpaired) electrons. The van der Waals surface area contributed by atoms with Crippen molar-refractivity contribution in [2.24, 2.45) is 0 Å². The van der Waals surface area contributed by atoms with Crippen molar-refractivity contribution in [1.82, 2.24) is 4.98 Å². The molecule has 0 aliphatic carbocycles. The first-order chi connectivity index (χ1) is 10.2. The number of nitrogens with zero attached hydrogens (tertiary/aromatic N) is 1. The fourth-order valence-electron chi connectivity index (χ4n) is 1.84. The zero-order valence-corrected chi connectivity index (χ0v) is 12.1. The van der Waals surface area contributed by atoms with Gasteiger partial charge >= 0.3 is 5.97 Å². The Kier molecular flexibility index (Phi) is 4.72. The maximum atomic E-state index is 12.1. The van der Waals surface area contributed by atoms with E-state index >= 15 is 0 Å². The summed E-state index contributed by atoms with van der Waals surface area (Å²) in [7, 11) is 0. The second-order valence-corrected chi connectivity index (χ2v) is 4.36. The Hall–Kier alpha value is -2.62. The number of aryl methyl sites for hydroxylation is 1. The Morgan fingerprint density at radius 1 is 1.33 bits per heavy atom. The fraction of sp³-hybridized carbons (Fsp3) is 0.176. The molecule has 0 N–H and O–H groups in total. The van der Waals surface area contributed by atoms with Crippen LogP contribution < -0.4 is 4.74 Å². The van der Waals surface area contributed by atoms with Crippen molar-refractivity contribution in [2.75, 3.05) is 6.61 Å². The minimum absolute atomic E-state index is 0.239. The molecule has 0 aliphatic heterocycles. The first-order valence-electron chi connectivity index (χ1n) is 6.69. The maximum Gasteiger partial charge on any atom is 0.343 e. The van der Waals surface area contributed by atoms with Crippen molar-refractivity contribution in [3.8, 4) is 11.6 Å². The van der Waals surface area contributed by atoms with Crippen LogP contribution in [0.25, 0.3) is 6.08 Å². The van der Waals surface area contributed by atoms with E-state index in [4.69, 9.17) is 9.47 Å². The molecule has 0 amide bonds. The molecule has 0 aliphatic rings. The van der Waals surface area contributed by atoms with Crippen molar-refractivity contribution < 1.29 is 14.3 Å². The standard InChI is InChI=1S/C17H17NO3/c1-4-13-11-15(17(19)20-5-2)16(18-12(13)3)21-14-9-7-6-8-10-14/h4,6-11H,1,5H2,2-3H3. The molecule has 0 bridgehead atoms. The van der Waals surface area contributed by atoms with Gasteiger partial charge in [0.05, 0.1) is 6.61 Å². The zero-order valence-electron chi connectivity index (χ0n) is 12.1. The molecule has 21 heavy (non-hydrogen) atoms. The molecule has 0 saturated heterocycles. The van der Waals surface area contributed by atoms with E-state index in [-0.39, 0.29) is 5.88 Å². The summed E-state index contributed by atoms with van der Waals surface area (Å²) < 4.78 is 10.8. The average Bonchev–Trinajstić information content (AvgIpc) is 2.48. The number of hydrogen-bond acceptors (Lipinski definition) is 4. The van der Waals surface area contributed by atoms with E-state index in [2.05, 4.69) is 11.6 Å². The van der Waals surface area contributed by atoms with Crippen LogP contribution in [0, 0.1) is 6.92 Å². The number of carbonyl (C=O) groups excluding carboxylic acids is 1. The summed E-state index contributed by atoms with van der Waals surface area (Å²) in [6.07, 6.45) is 1.65. The van der Waals surface area contributed by atoms with Gasteiger partial charge < -0.3 is 9.47 Å². The maximum absolute atomic E-state index is 12.1. The number of ether oxygens (including phenoxy) is 2. The highest BCUT2D eigenvalue weighted by Gasteiger charge is 2.18. The molecule has 4 nitrogen and oxygen atoms in total. The molecule has 2 rings (SSSR count). The zero-order chi connectivity index (χ0) is 15.2. The van der Waals surface area contributed by atoms with Gasteiger partial charge in [-0.1, -0.05) is 30.9 Å². The monoisotopic (exact) mass is 283 g/mol. The third kappa shape index (κ3) is 3.48. The van der Waals surface area contributed by atoms with E-state index in [1.807, 2.05) is 25.1 Å². The minimum atomic E-state index is -0.459. The Morgan fingerprint density at radius 2 is 2.05 bits per heavy atom. The summed E-state index contributed by atoms with van der Waals surface area (Å²) >= 11 is 0. The summed E-state index contributed by atoms with van der Waals surface area (Å²) in [5.41, 5.74) is 1.81. The van der Waals surface area contributed by atoms with Crippen LogP contribution in [-0.2, 0) is 4.74 Å². The van der Waals surface area contributed by atoms with E-state index in [9.17, 15) is 4.79 Å². The van der Waals surface area contributed by atoms with Crippen LogP contribution in [0.4, 0.5) is 0 Å². The van der Waals surface area contributed by atoms with Crippen molar-refractivity contribution in [2.45, 2.75) is 13.8 Å². The summed E-state index contributed by atoms with van der Waals surface area (Å²) in [4.78, 5) is 16.4. The predicted octanol–water partition coefficient (Wildman–Crippen LogP) is 4.00. The molecular formula is C17H17NO3. The summed E-state index contributed by atoms with van der Waals surface area (Å²) in [6, 6.07) is 10.9. The van der Waals surface area contributed by atoms with Gasteiger partial charge in [-0.25, -0.2) is 9.78 Å². The number of carbonyl (C=O) groups is 1. The Bertz CT molecular complexity index is 651. The lowest BCUT2D eigenvalue weighted by atomic mass is 10.1. The Labute approximate surface area is 124 Å². The van der Waals surface area contributed by atoms with Gasteiger partial charge in [0.15, 0.2) is 0 Å². The molecule has 0 atom stereocenters. The van der Waals surface area contributed by atoms with Crippen molar-refractivity contribution >= 4 is 12.0 Å². The summed E-state index contributed by atoms with van der Waals surface area (Å²) in [6.45, 7) is 7.60. The molecule has 0 unspecified atom stereocenters. The van der Waals surface area contributed by atoms with E-state index in [0.29, 0.717) is 17.9 Å². The SMILES string of the molecule is C=Cc1cc(C(=O)OCC)c(Oc2ccccc2)nc1C. The third-order valence-electron chi connectivity index (χ3n) is 2.89. The average molecular weight is 283 g/mol. The van der Waals surface area contributed by atoms with Gasteiger partial charge in [0.1, 0.15) is 11.3 Å². The molecule has 0 fully saturated rings. The van der Waals surface area contributed by atoms with Crippen LogP contribution in [0.2, 0.25) is 0 Å². The van der Waals surface area contributed by atoms with Gasteiger partial charge in [-0.15, -0.1) is 0 Å². The molecule has 0 spiro atoms. The first kappa shape index (κ1) is 14.8. The lowest BCUT2D eigenvalue weighted by Gasteiger charge is -2.12. The second-order valence-electron chi connectivity index (χ2n) is 4.36. The molecule has 4 heteroatoms. The van der Waals surface area contributed by atoms with Crippen LogP contribution in [0.5, 0.6) is 11.6 Å². The van der Waals surface area contributed by atoms with Crippen LogP contribution >= 0.6 is 0 Å². The van der Waals surface area contributed by atoms with Crippen molar-refractivity contribution in [3.05, 3.63) is 59.8 Å². The van der Waals surface area contributed by atoms with Gasteiger partial charge in [-0.3, -0.25) is 0 Å². The third-order valence-corrected chi connectivity index (χ3v) is 2.89. The molecular weight excluding hydrogens is 266 g/mol. The van der Waals surface area contributed by atoms with Crippen LogP contribution in [0.1, 0.15) is 28.5 Å². The molecule has 108 valence electrons. The number of para-hydroxylation sites is 1. The number of pyridine rings is 1.